The van der Waals surface area contributed by atoms with Gasteiger partial charge in [0, 0.05) is 37.6 Å². The number of aliphatic carboxylic acids is 1. The fraction of sp³-hybridized carbons (Fsp3) is 0.269. The Kier molecular flexibility index (Phi) is 6.58. The third-order valence-electron chi connectivity index (χ3n) is 6.29. The molecule has 8 heteroatoms. The fourth-order valence-electron chi connectivity index (χ4n) is 4.31. The molecule has 6 nitrogen and oxygen atoms in total. The number of hydrogen-bond acceptors (Lipinski definition) is 4. The second-order valence-corrected chi connectivity index (χ2v) is 8.40. The van der Waals surface area contributed by atoms with Crippen molar-refractivity contribution >= 4 is 12.1 Å². The summed E-state index contributed by atoms with van der Waals surface area (Å²) in [7, 11) is 0. The van der Waals surface area contributed by atoms with Gasteiger partial charge in [-0.2, -0.15) is 0 Å². The van der Waals surface area contributed by atoms with Crippen LogP contribution in [0.5, 0.6) is 0 Å². The number of cyclic esters (lactones) is 1. The average Bonchev–Trinajstić information content (AvgIpc) is 2.83. The molecule has 2 aromatic carbocycles. The number of aromatic nitrogens is 1. The Labute approximate surface area is 195 Å². The van der Waals surface area contributed by atoms with Gasteiger partial charge in [0.1, 0.15) is 17.2 Å². The van der Waals surface area contributed by atoms with Crippen LogP contribution in [-0.2, 0) is 15.1 Å². The highest BCUT2D eigenvalue weighted by molar-refractivity contribution is 5.71. The molecule has 1 aromatic heterocycles. The Morgan fingerprint density at radius 3 is 2.41 bits per heavy atom. The first-order valence-corrected chi connectivity index (χ1v) is 11.0. The van der Waals surface area contributed by atoms with E-state index in [1.807, 2.05) is 31.2 Å². The number of halogens is 2. The SMILES string of the molecule is C[C@@H](c1ccc(-c2cncc(F)c2)cc1)N1CC[C@@](CCC(=O)O)(c2ccc(F)cc2)OC1=O. The Balaban J connectivity index is 1.52. The zero-order valence-electron chi connectivity index (χ0n) is 18.6. The van der Waals surface area contributed by atoms with Crippen molar-refractivity contribution in [1.82, 2.24) is 9.88 Å². The predicted octanol–water partition coefficient (Wildman–Crippen LogP) is 5.69. The van der Waals surface area contributed by atoms with Gasteiger partial charge in [0.05, 0.1) is 12.2 Å². The maximum atomic E-state index is 13.5. The van der Waals surface area contributed by atoms with Crippen LogP contribution in [0.15, 0.2) is 67.0 Å². The second kappa shape index (κ2) is 9.59. The zero-order chi connectivity index (χ0) is 24.3. The molecule has 1 N–H and O–H groups in total. The Morgan fingerprint density at radius 2 is 1.79 bits per heavy atom. The fourth-order valence-corrected chi connectivity index (χ4v) is 4.31. The lowest BCUT2D eigenvalue weighted by Gasteiger charge is -2.43. The summed E-state index contributed by atoms with van der Waals surface area (Å²) >= 11 is 0. The van der Waals surface area contributed by atoms with Crippen molar-refractivity contribution in [3.05, 3.63) is 89.8 Å². The van der Waals surface area contributed by atoms with Crippen LogP contribution in [0, 0.1) is 11.6 Å². The van der Waals surface area contributed by atoms with Gasteiger partial charge in [-0.25, -0.2) is 13.6 Å². The summed E-state index contributed by atoms with van der Waals surface area (Å²) in [5.74, 6) is -1.84. The number of benzene rings is 2. The van der Waals surface area contributed by atoms with Crippen LogP contribution in [0.25, 0.3) is 11.1 Å². The molecule has 1 fully saturated rings. The van der Waals surface area contributed by atoms with Crippen LogP contribution in [0.4, 0.5) is 13.6 Å². The standard InChI is InChI=1S/C26H24F2N2O4/c1-17(18-2-4-19(5-3-18)20-14-23(28)16-29-15-20)30-13-12-26(34-25(30)33,11-10-24(31)32)21-6-8-22(27)9-7-21/h2-9,14-17H,10-13H2,1H3,(H,31,32)/t17-,26-/m0/s1. The van der Waals surface area contributed by atoms with E-state index in [-0.39, 0.29) is 18.9 Å². The van der Waals surface area contributed by atoms with Gasteiger partial charge in [-0.3, -0.25) is 9.78 Å². The molecule has 1 aliphatic heterocycles. The van der Waals surface area contributed by atoms with Crippen LogP contribution in [0.1, 0.15) is 43.4 Å². The van der Waals surface area contributed by atoms with Gasteiger partial charge in [-0.1, -0.05) is 36.4 Å². The van der Waals surface area contributed by atoms with E-state index in [0.717, 1.165) is 17.3 Å². The molecule has 0 aliphatic carbocycles. The molecule has 1 aliphatic rings. The highest BCUT2D eigenvalue weighted by Gasteiger charge is 2.43. The van der Waals surface area contributed by atoms with Crippen molar-refractivity contribution in [1.29, 1.82) is 0 Å². The summed E-state index contributed by atoms with van der Waals surface area (Å²) in [5, 5.41) is 9.19. The quantitative estimate of drug-likeness (QED) is 0.484. The lowest BCUT2D eigenvalue weighted by atomic mass is 9.84. The number of nitrogens with zero attached hydrogens (tertiary/aromatic N) is 2. The zero-order valence-corrected chi connectivity index (χ0v) is 18.6. The maximum Gasteiger partial charge on any atom is 0.411 e. The lowest BCUT2D eigenvalue weighted by Crippen LogP contribution is -2.49. The summed E-state index contributed by atoms with van der Waals surface area (Å²) in [5.41, 5.74) is 1.76. The van der Waals surface area contributed by atoms with E-state index in [9.17, 15) is 23.5 Å². The molecular weight excluding hydrogens is 442 g/mol. The summed E-state index contributed by atoms with van der Waals surface area (Å²) in [6, 6.07) is 14.1. The van der Waals surface area contributed by atoms with Gasteiger partial charge in [0.2, 0.25) is 0 Å². The van der Waals surface area contributed by atoms with E-state index >= 15 is 0 Å². The van der Waals surface area contributed by atoms with E-state index in [4.69, 9.17) is 4.74 Å². The summed E-state index contributed by atoms with van der Waals surface area (Å²) in [6.45, 7) is 2.22. The van der Waals surface area contributed by atoms with Gasteiger partial charge in [-0.15, -0.1) is 0 Å². The molecule has 3 aromatic rings. The van der Waals surface area contributed by atoms with E-state index < -0.39 is 29.3 Å². The smallest absolute Gasteiger partial charge is 0.411 e. The van der Waals surface area contributed by atoms with Crippen molar-refractivity contribution in [3.63, 3.8) is 0 Å². The van der Waals surface area contributed by atoms with Gasteiger partial charge < -0.3 is 14.7 Å². The number of ether oxygens (including phenoxy) is 1. The number of amides is 1. The molecule has 2 heterocycles. The van der Waals surface area contributed by atoms with Crippen LogP contribution < -0.4 is 0 Å². The molecule has 4 rings (SSSR count). The van der Waals surface area contributed by atoms with Gasteiger partial charge >= 0.3 is 12.1 Å². The lowest BCUT2D eigenvalue weighted by molar-refractivity contribution is -0.139. The number of carboxylic acid groups (broad SMARTS) is 1. The molecule has 34 heavy (non-hydrogen) atoms. The molecular formula is C26H24F2N2O4. The number of pyridine rings is 1. The minimum absolute atomic E-state index is 0.0955. The van der Waals surface area contributed by atoms with Crippen LogP contribution in [-0.4, -0.2) is 33.6 Å². The number of carbonyl (C=O) groups excluding carboxylic acids is 1. The molecule has 0 radical (unpaired) electrons. The molecule has 176 valence electrons. The normalized spacial score (nSPS) is 18.9. The van der Waals surface area contributed by atoms with Crippen LogP contribution in [0.3, 0.4) is 0 Å². The highest BCUT2D eigenvalue weighted by Crippen LogP contribution is 2.40. The molecule has 0 bridgehead atoms. The van der Waals surface area contributed by atoms with Gasteiger partial charge in [-0.05, 0) is 41.8 Å². The minimum Gasteiger partial charge on any atom is -0.481 e. The van der Waals surface area contributed by atoms with E-state index in [1.165, 1.54) is 30.3 Å². The van der Waals surface area contributed by atoms with Crippen molar-refractivity contribution in [3.8, 4) is 11.1 Å². The Morgan fingerprint density at radius 1 is 1.09 bits per heavy atom. The first kappa shape index (κ1) is 23.4. The van der Waals surface area contributed by atoms with Gasteiger partial charge in [0.15, 0.2) is 0 Å². The van der Waals surface area contributed by atoms with Crippen molar-refractivity contribution in [2.75, 3.05) is 6.54 Å². The van der Waals surface area contributed by atoms with E-state index in [0.29, 0.717) is 24.1 Å². The third-order valence-corrected chi connectivity index (χ3v) is 6.29. The first-order chi connectivity index (χ1) is 16.3. The van der Waals surface area contributed by atoms with Gasteiger partial charge in [0.25, 0.3) is 0 Å². The first-order valence-electron chi connectivity index (χ1n) is 11.0. The highest BCUT2D eigenvalue weighted by atomic mass is 19.1. The average molecular weight is 466 g/mol. The van der Waals surface area contributed by atoms with Crippen molar-refractivity contribution < 1.29 is 28.2 Å². The van der Waals surface area contributed by atoms with Crippen molar-refractivity contribution in [2.24, 2.45) is 0 Å². The third kappa shape index (κ3) is 4.90. The van der Waals surface area contributed by atoms with Crippen LogP contribution in [0.2, 0.25) is 0 Å². The maximum absolute atomic E-state index is 13.5. The summed E-state index contributed by atoms with van der Waals surface area (Å²) < 4.78 is 32.8. The second-order valence-electron chi connectivity index (χ2n) is 8.40. The number of carboxylic acids is 1. The molecule has 0 spiro atoms. The number of rotatable bonds is 7. The Hall–Kier alpha value is -3.81. The predicted molar refractivity (Wildman–Crippen MR) is 121 cm³/mol. The largest absolute Gasteiger partial charge is 0.481 e. The molecule has 1 saturated heterocycles. The summed E-state index contributed by atoms with van der Waals surface area (Å²) in [4.78, 5) is 29.7. The minimum atomic E-state index is -1.13. The molecule has 0 unspecified atom stereocenters. The van der Waals surface area contributed by atoms with E-state index in [1.54, 1.807) is 11.1 Å². The molecule has 2 atom stereocenters. The monoisotopic (exact) mass is 466 g/mol. The van der Waals surface area contributed by atoms with Crippen LogP contribution >= 0.6 is 0 Å². The molecule has 0 saturated carbocycles. The summed E-state index contributed by atoms with van der Waals surface area (Å²) in [6.07, 6.45) is 2.44. The van der Waals surface area contributed by atoms with E-state index in [2.05, 4.69) is 4.98 Å². The molecule has 1 amide bonds. The number of carbonyl (C=O) groups is 2. The topological polar surface area (TPSA) is 79.7 Å². The Bertz CT molecular complexity index is 1180. The van der Waals surface area contributed by atoms with Crippen molar-refractivity contribution in [2.45, 2.75) is 37.8 Å². The number of hydrogen-bond donors (Lipinski definition) is 1.